The lowest BCUT2D eigenvalue weighted by molar-refractivity contribution is -0.134. The van der Waals surface area contributed by atoms with Crippen LogP contribution in [0.5, 0.6) is 0 Å². The van der Waals surface area contributed by atoms with E-state index in [1.165, 1.54) is 0 Å². The molecule has 1 amide bonds. The van der Waals surface area contributed by atoms with Gasteiger partial charge in [-0.2, -0.15) is 0 Å². The summed E-state index contributed by atoms with van der Waals surface area (Å²) >= 11 is 0. The van der Waals surface area contributed by atoms with Crippen LogP contribution in [0.15, 0.2) is 24.4 Å². The Morgan fingerprint density at radius 3 is 2.68 bits per heavy atom. The first-order chi connectivity index (χ1) is 10.6. The Morgan fingerprint density at radius 1 is 1.27 bits per heavy atom. The summed E-state index contributed by atoms with van der Waals surface area (Å²) in [5.41, 5.74) is 0.899. The summed E-state index contributed by atoms with van der Waals surface area (Å²) in [4.78, 5) is 16.0. The van der Waals surface area contributed by atoms with Crippen LogP contribution >= 0.6 is 0 Å². The number of aromatic nitrogens is 3. The normalized spacial score (nSPS) is 18.5. The smallest absolute Gasteiger partial charge is 0.239 e. The highest BCUT2D eigenvalue weighted by Crippen LogP contribution is 2.28. The van der Waals surface area contributed by atoms with Crippen LogP contribution in [0.25, 0.3) is 5.65 Å². The van der Waals surface area contributed by atoms with Gasteiger partial charge in [-0.05, 0) is 45.0 Å². The maximum absolute atomic E-state index is 12.1. The zero-order valence-electron chi connectivity index (χ0n) is 13.4. The molecule has 0 bridgehead atoms. The number of hydrogen-bond acceptors (Lipinski definition) is 4. The Morgan fingerprint density at radius 2 is 2.00 bits per heavy atom. The third-order valence-electron chi connectivity index (χ3n) is 4.58. The quantitative estimate of drug-likeness (QED) is 0.859. The average Bonchev–Trinajstić information content (AvgIpc) is 2.97. The van der Waals surface area contributed by atoms with Crippen molar-refractivity contribution in [3.63, 3.8) is 0 Å². The maximum Gasteiger partial charge on any atom is 0.239 e. The van der Waals surface area contributed by atoms with Crippen LogP contribution in [-0.4, -0.2) is 63.5 Å². The third kappa shape index (κ3) is 2.70. The summed E-state index contributed by atoms with van der Waals surface area (Å²) in [5.74, 6) is 1.63. The van der Waals surface area contributed by atoms with Gasteiger partial charge in [0, 0.05) is 26.2 Å². The number of likely N-dealkylation sites (tertiary alicyclic amines) is 1. The van der Waals surface area contributed by atoms with Crippen LogP contribution < -0.4 is 0 Å². The van der Waals surface area contributed by atoms with Crippen LogP contribution in [0, 0.1) is 0 Å². The minimum atomic E-state index is -0.0499. The summed E-state index contributed by atoms with van der Waals surface area (Å²) in [6.45, 7) is 3.84. The molecule has 6 nitrogen and oxygen atoms in total. The van der Waals surface area contributed by atoms with E-state index in [0.29, 0.717) is 5.92 Å². The Bertz CT molecular complexity index is 657. The van der Waals surface area contributed by atoms with E-state index in [4.69, 9.17) is 0 Å². The summed E-state index contributed by atoms with van der Waals surface area (Å²) < 4.78 is 2.08. The van der Waals surface area contributed by atoms with E-state index in [0.717, 1.165) is 37.4 Å². The second-order valence-corrected chi connectivity index (χ2v) is 6.21. The number of nitrogens with zero attached hydrogens (tertiary/aromatic N) is 5. The van der Waals surface area contributed by atoms with E-state index in [-0.39, 0.29) is 11.9 Å². The molecule has 22 heavy (non-hydrogen) atoms. The molecular formula is C16H23N5O. The average molecular weight is 301 g/mol. The van der Waals surface area contributed by atoms with Gasteiger partial charge in [0.2, 0.25) is 5.91 Å². The number of piperidine rings is 1. The third-order valence-corrected chi connectivity index (χ3v) is 4.58. The fraction of sp³-hybridized carbons (Fsp3) is 0.562. The Labute approximate surface area is 130 Å². The van der Waals surface area contributed by atoms with E-state index in [2.05, 4.69) is 19.5 Å². The number of pyridine rings is 1. The fourth-order valence-electron chi connectivity index (χ4n) is 3.21. The highest BCUT2D eigenvalue weighted by atomic mass is 16.2. The molecule has 0 N–H and O–H groups in total. The van der Waals surface area contributed by atoms with Crippen LogP contribution in [0.4, 0.5) is 0 Å². The molecule has 0 spiro atoms. The van der Waals surface area contributed by atoms with Crippen molar-refractivity contribution in [3.05, 3.63) is 30.2 Å². The molecule has 1 aliphatic heterocycles. The predicted octanol–water partition coefficient (Wildman–Crippen LogP) is 1.39. The van der Waals surface area contributed by atoms with Gasteiger partial charge in [0.15, 0.2) is 5.65 Å². The Kier molecular flexibility index (Phi) is 4.11. The lowest BCUT2D eigenvalue weighted by Gasteiger charge is -2.35. The minimum Gasteiger partial charge on any atom is -0.347 e. The number of carbonyl (C=O) groups excluding carboxylic acids is 1. The minimum absolute atomic E-state index is 0.0499. The van der Waals surface area contributed by atoms with Gasteiger partial charge in [0.1, 0.15) is 5.82 Å². The standard InChI is InChI=1S/C16H23N5O/c1-12(16(22)19(2)3)20-10-7-13(8-11-20)15-18-17-14-6-4-5-9-21(14)15/h4-6,9,12-13H,7-8,10-11H2,1-3H3. The largest absolute Gasteiger partial charge is 0.347 e. The summed E-state index contributed by atoms with van der Waals surface area (Å²) in [7, 11) is 3.63. The van der Waals surface area contributed by atoms with Gasteiger partial charge in [-0.3, -0.25) is 14.1 Å². The van der Waals surface area contributed by atoms with E-state index in [1.807, 2.05) is 45.4 Å². The van der Waals surface area contributed by atoms with Gasteiger partial charge >= 0.3 is 0 Å². The van der Waals surface area contributed by atoms with Crippen molar-refractivity contribution >= 4 is 11.6 Å². The van der Waals surface area contributed by atoms with Gasteiger partial charge in [-0.25, -0.2) is 0 Å². The lowest BCUT2D eigenvalue weighted by atomic mass is 9.95. The molecule has 3 heterocycles. The van der Waals surface area contributed by atoms with Gasteiger partial charge < -0.3 is 4.90 Å². The first-order valence-corrected chi connectivity index (χ1v) is 7.83. The molecule has 0 saturated carbocycles. The van der Waals surface area contributed by atoms with Gasteiger partial charge in [-0.1, -0.05) is 6.07 Å². The van der Waals surface area contributed by atoms with Crippen molar-refractivity contribution in [1.82, 2.24) is 24.4 Å². The van der Waals surface area contributed by atoms with Crippen molar-refractivity contribution < 1.29 is 4.79 Å². The molecule has 2 aromatic heterocycles. The van der Waals surface area contributed by atoms with Crippen molar-refractivity contribution in [1.29, 1.82) is 0 Å². The number of likely N-dealkylation sites (N-methyl/N-ethyl adjacent to an activating group) is 1. The summed E-state index contributed by atoms with van der Waals surface area (Å²) in [6, 6.07) is 5.91. The number of rotatable bonds is 3. The van der Waals surface area contributed by atoms with Crippen LogP contribution in [0.1, 0.15) is 31.5 Å². The number of hydrogen-bond donors (Lipinski definition) is 0. The van der Waals surface area contributed by atoms with Crippen molar-refractivity contribution in [3.8, 4) is 0 Å². The van der Waals surface area contributed by atoms with Crippen LogP contribution in [0.2, 0.25) is 0 Å². The molecule has 1 atom stereocenters. The van der Waals surface area contributed by atoms with E-state index >= 15 is 0 Å². The number of carbonyl (C=O) groups is 1. The van der Waals surface area contributed by atoms with E-state index < -0.39 is 0 Å². The zero-order valence-corrected chi connectivity index (χ0v) is 13.4. The lowest BCUT2D eigenvalue weighted by Crippen LogP contribution is -2.47. The topological polar surface area (TPSA) is 53.7 Å². The van der Waals surface area contributed by atoms with Crippen LogP contribution in [0.3, 0.4) is 0 Å². The second kappa shape index (κ2) is 6.04. The first kappa shape index (κ1) is 15.0. The molecule has 1 aliphatic rings. The molecule has 3 rings (SSSR count). The zero-order chi connectivity index (χ0) is 15.7. The highest BCUT2D eigenvalue weighted by Gasteiger charge is 2.29. The van der Waals surface area contributed by atoms with E-state index in [9.17, 15) is 4.79 Å². The summed E-state index contributed by atoms with van der Waals surface area (Å²) in [6.07, 6.45) is 4.05. The van der Waals surface area contributed by atoms with Gasteiger partial charge in [-0.15, -0.1) is 10.2 Å². The Hall–Kier alpha value is -1.95. The number of fused-ring (bicyclic) bond motifs is 1. The van der Waals surface area contributed by atoms with Gasteiger partial charge in [0.05, 0.1) is 6.04 Å². The maximum atomic E-state index is 12.1. The van der Waals surface area contributed by atoms with Crippen molar-refractivity contribution in [2.75, 3.05) is 27.2 Å². The molecular weight excluding hydrogens is 278 g/mol. The van der Waals surface area contributed by atoms with Crippen molar-refractivity contribution in [2.24, 2.45) is 0 Å². The fourth-order valence-corrected chi connectivity index (χ4v) is 3.21. The molecule has 118 valence electrons. The Balaban J connectivity index is 1.68. The van der Waals surface area contributed by atoms with Crippen LogP contribution in [-0.2, 0) is 4.79 Å². The molecule has 1 saturated heterocycles. The molecule has 0 radical (unpaired) electrons. The summed E-state index contributed by atoms with van der Waals surface area (Å²) in [5, 5.41) is 8.61. The number of amides is 1. The van der Waals surface area contributed by atoms with Crippen molar-refractivity contribution in [2.45, 2.75) is 31.7 Å². The molecule has 0 aromatic carbocycles. The van der Waals surface area contributed by atoms with E-state index in [1.54, 1.807) is 4.90 Å². The molecule has 0 aliphatic carbocycles. The first-order valence-electron chi connectivity index (χ1n) is 7.83. The van der Waals surface area contributed by atoms with Gasteiger partial charge in [0.25, 0.3) is 0 Å². The SMILES string of the molecule is CC(C(=O)N(C)C)N1CCC(c2nnc3ccccn23)CC1. The molecule has 6 heteroatoms. The monoisotopic (exact) mass is 301 g/mol. The molecule has 1 fully saturated rings. The second-order valence-electron chi connectivity index (χ2n) is 6.21. The molecule has 1 unspecified atom stereocenters. The predicted molar refractivity (Wildman–Crippen MR) is 84.7 cm³/mol. The molecule has 2 aromatic rings. The highest BCUT2D eigenvalue weighted by molar-refractivity contribution is 5.80.